The van der Waals surface area contributed by atoms with Gasteiger partial charge in [0, 0.05) is 38.6 Å². The molecule has 1 aliphatic heterocycles. The first kappa shape index (κ1) is 19.3. The highest BCUT2D eigenvalue weighted by Gasteiger charge is 2.27. The number of carbonyl (C=O) groups is 1. The van der Waals surface area contributed by atoms with Crippen molar-refractivity contribution < 1.29 is 4.79 Å². The Morgan fingerprint density at radius 1 is 1.28 bits per heavy atom. The number of nitrogens with one attached hydrogen (secondary N) is 2. The normalized spacial score (nSPS) is 19.2. The van der Waals surface area contributed by atoms with Crippen LogP contribution in [0.1, 0.15) is 44.2 Å². The summed E-state index contributed by atoms with van der Waals surface area (Å²) in [6.45, 7) is 10.6. The van der Waals surface area contributed by atoms with Gasteiger partial charge in [0.05, 0.1) is 0 Å². The minimum Gasteiger partial charge on any atom is -0.356 e. The fraction of sp³-hybridized carbons (Fsp3) is 0.600. The predicted octanol–water partition coefficient (Wildman–Crippen LogP) is 2.52. The molecule has 0 bridgehead atoms. The Kier molecular flexibility index (Phi) is 6.85. The van der Waals surface area contributed by atoms with Crippen molar-refractivity contribution in [2.24, 2.45) is 10.9 Å². The smallest absolute Gasteiger partial charge is 0.225 e. The molecule has 1 amide bonds. The molecular weight excluding hydrogens is 312 g/mol. The summed E-state index contributed by atoms with van der Waals surface area (Å²) in [6, 6.07) is 8.94. The highest BCUT2D eigenvalue weighted by molar-refractivity contribution is 5.81. The fourth-order valence-electron chi connectivity index (χ4n) is 3.09. The van der Waals surface area contributed by atoms with Crippen LogP contribution in [0.4, 0.5) is 0 Å². The minimum atomic E-state index is 0.0616. The van der Waals surface area contributed by atoms with E-state index in [0.717, 1.165) is 32.0 Å². The number of aryl methyl sites for hydroxylation is 1. The van der Waals surface area contributed by atoms with Gasteiger partial charge < -0.3 is 15.5 Å². The van der Waals surface area contributed by atoms with Gasteiger partial charge in [0.15, 0.2) is 5.96 Å². The van der Waals surface area contributed by atoms with E-state index in [1.54, 1.807) is 7.05 Å². The van der Waals surface area contributed by atoms with Crippen molar-refractivity contribution in [3.05, 3.63) is 35.4 Å². The zero-order chi connectivity index (χ0) is 18.4. The Morgan fingerprint density at radius 2 is 1.96 bits per heavy atom. The highest BCUT2D eigenvalue weighted by Crippen LogP contribution is 2.15. The van der Waals surface area contributed by atoms with E-state index in [0.29, 0.717) is 5.92 Å². The molecule has 138 valence electrons. The van der Waals surface area contributed by atoms with E-state index in [1.165, 1.54) is 11.1 Å². The van der Waals surface area contributed by atoms with Crippen LogP contribution in [0.25, 0.3) is 0 Å². The topological polar surface area (TPSA) is 56.7 Å². The molecule has 5 heteroatoms. The molecule has 25 heavy (non-hydrogen) atoms. The molecule has 0 spiro atoms. The number of hydrogen-bond acceptors (Lipinski definition) is 2. The van der Waals surface area contributed by atoms with Crippen LogP contribution in [-0.2, 0) is 4.79 Å². The van der Waals surface area contributed by atoms with Crippen molar-refractivity contribution in [1.29, 1.82) is 0 Å². The number of nitrogens with zero attached hydrogens (tertiary/aromatic N) is 2. The maximum absolute atomic E-state index is 12.1. The van der Waals surface area contributed by atoms with Crippen LogP contribution in [0.2, 0.25) is 0 Å². The summed E-state index contributed by atoms with van der Waals surface area (Å²) in [6.07, 6.45) is 0.965. The second-order valence-corrected chi connectivity index (χ2v) is 7.33. The van der Waals surface area contributed by atoms with E-state index in [2.05, 4.69) is 53.7 Å². The molecule has 0 aliphatic carbocycles. The lowest BCUT2D eigenvalue weighted by Crippen LogP contribution is -2.46. The molecule has 0 aromatic heterocycles. The van der Waals surface area contributed by atoms with E-state index in [9.17, 15) is 4.79 Å². The van der Waals surface area contributed by atoms with Gasteiger partial charge in [-0.1, -0.05) is 50.6 Å². The van der Waals surface area contributed by atoms with Gasteiger partial charge in [-0.15, -0.1) is 0 Å². The van der Waals surface area contributed by atoms with Crippen molar-refractivity contribution in [1.82, 2.24) is 15.5 Å². The molecule has 1 fully saturated rings. The SMILES string of the molecule is CN=C(NCC(C)c1ccc(C)cc1)NC1CCN(C(=O)C(C)C)C1. The van der Waals surface area contributed by atoms with E-state index in [-0.39, 0.29) is 17.9 Å². The van der Waals surface area contributed by atoms with Gasteiger partial charge in [-0.2, -0.15) is 0 Å². The summed E-state index contributed by atoms with van der Waals surface area (Å²) in [5.74, 6) is 1.51. The van der Waals surface area contributed by atoms with Crippen molar-refractivity contribution in [3.8, 4) is 0 Å². The van der Waals surface area contributed by atoms with Crippen molar-refractivity contribution in [3.63, 3.8) is 0 Å². The minimum absolute atomic E-state index is 0.0616. The molecule has 1 aliphatic rings. The maximum Gasteiger partial charge on any atom is 0.225 e. The molecule has 0 saturated carbocycles. The zero-order valence-electron chi connectivity index (χ0n) is 16.2. The van der Waals surface area contributed by atoms with Crippen LogP contribution in [0.15, 0.2) is 29.3 Å². The predicted molar refractivity (Wildman–Crippen MR) is 104 cm³/mol. The van der Waals surface area contributed by atoms with Gasteiger partial charge in [-0.05, 0) is 24.8 Å². The first-order valence-electron chi connectivity index (χ1n) is 9.23. The first-order valence-corrected chi connectivity index (χ1v) is 9.23. The second kappa shape index (κ2) is 8.88. The highest BCUT2D eigenvalue weighted by atomic mass is 16.2. The number of amides is 1. The maximum atomic E-state index is 12.1. The molecule has 2 unspecified atom stereocenters. The van der Waals surface area contributed by atoms with Crippen LogP contribution in [-0.4, -0.2) is 49.5 Å². The molecule has 1 heterocycles. The third-order valence-corrected chi connectivity index (χ3v) is 4.78. The second-order valence-electron chi connectivity index (χ2n) is 7.33. The van der Waals surface area contributed by atoms with Crippen LogP contribution in [0.5, 0.6) is 0 Å². The number of likely N-dealkylation sites (tertiary alicyclic amines) is 1. The molecule has 1 saturated heterocycles. The largest absolute Gasteiger partial charge is 0.356 e. The Morgan fingerprint density at radius 3 is 2.56 bits per heavy atom. The number of rotatable bonds is 5. The molecule has 0 radical (unpaired) electrons. The molecule has 5 nitrogen and oxygen atoms in total. The number of aliphatic imine (C=N–C) groups is 1. The standard InChI is InChI=1S/C20H32N4O/c1-14(2)19(25)24-11-10-18(13-24)23-20(21-5)22-12-16(4)17-8-6-15(3)7-9-17/h6-9,14,16,18H,10-13H2,1-5H3,(H2,21,22,23). The molecule has 2 atom stereocenters. The lowest BCUT2D eigenvalue weighted by atomic mass is 10.0. The van der Waals surface area contributed by atoms with Crippen LogP contribution in [0, 0.1) is 12.8 Å². The van der Waals surface area contributed by atoms with Gasteiger partial charge in [-0.3, -0.25) is 9.79 Å². The first-order chi connectivity index (χ1) is 11.9. The molecule has 1 aromatic carbocycles. The third kappa shape index (κ3) is 5.48. The number of carbonyl (C=O) groups excluding carboxylic acids is 1. The van der Waals surface area contributed by atoms with E-state index in [4.69, 9.17) is 0 Å². The summed E-state index contributed by atoms with van der Waals surface area (Å²) in [7, 11) is 1.79. The van der Waals surface area contributed by atoms with Crippen LogP contribution in [0.3, 0.4) is 0 Å². The van der Waals surface area contributed by atoms with Gasteiger partial charge in [0.2, 0.25) is 5.91 Å². The summed E-state index contributed by atoms with van der Waals surface area (Å²) >= 11 is 0. The molecule has 2 N–H and O–H groups in total. The number of hydrogen-bond donors (Lipinski definition) is 2. The zero-order valence-corrected chi connectivity index (χ0v) is 16.2. The lowest BCUT2D eigenvalue weighted by Gasteiger charge is -2.21. The van der Waals surface area contributed by atoms with E-state index >= 15 is 0 Å². The van der Waals surface area contributed by atoms with Crippen molar-refractivity contribution >= 4 is 11.9 Å². The van der Waals surface area contributed by atoms with Crippen molar-refractivity contribution in [2.45, 2.75) is 46.1 Å². The number of benzene rings is 1. The molecule has 2 rings (SSSR count). The fourth-order valence-corrected chi connectivity index (χ4v) is 3.09. The quantitative estimate of drug-likeness (QED) is 0.637. The van der Waals surface area contributed by atoms with Gasteiger partial charge in [-0.25, -0.2) is 0 Å². The summed E-state index contributed by atoms with van der Waals surface area (Å²) in [5.41, 5.74) is 2.60. The van der Waals surface area contributed by atoms with Crippen molar-refractivity contribution in [2.75, 3.05) is 26.7 Å². The van der Waals surface area contributed by atoms with Crippen LogP contribution >= 0.6 is 0 Å². The average molecular weight is 345 g/mol. The van der Waals surface area contributed by atoms with Gasteiger partial charge in [0.1, 0.15) is 0 Å². The molecular formula is C20H32N4O. The Hall–Kier alpha value is -2.04. The Labute approximate surface area is 151 Å². The monoisotopic (exact) mass is 344 g/mol. The van der Waals surface area contributed by atoms with Gasteiger partial charge >= 0.3 is 0 Å². The third-order valence-electron chi connectivity index (χ3n) is 4.78. The summed E-state index contributed by atoms with van der Waals surface area (Å²) in [5, 5.41) is 6.86. The number of guanidine groups is 1. The lowest BCUT2D eigenvalue weighted by molar-refractivity contribution is -0.133. The summed E-state index contributed by atoms with van der Waals surface area (Å²) in [4.78, 5) is 18.4. The van der Waals surface area contributed by atoms with E-state index < -0.39 is 0 Å². The Balaban J connectivity index is 1.81. The molecule has 1 aromatic rings. The van der Waals surface area contributed by atoms with Gasteiger partial charge in [0.25, 0.3) is 0 Å². The van der Waals surface area contributed by atoms with E-state index in [1.807, 2.05) is 18.7 Å². The summed E-state index contributed by atoms with van der Waals surface area (Å²) < 4.78 is 0. The van der Waals surface area contributed by atoms with Crippen LogP contribution < -0.4 is 10.6 Å². The Bertz CT molecular complexity index is 594. The average Bonchev–Trinajstić information content (AvgIpc) is 3.06.